The second kappa shape index (κ2) is 5.38. The Labute approximate surface area is 108 Å². The zero-order valence-corrected chi connectivity index (χ0v) is 11.4. The van der Waals surface area contributed by atoms with Crippen molar-refractivity contribution >= 4 is 10.0 Å². The third kappa shape index (κ3) is 3.54. The van der Waals surface area contributed by atoms with E-state index in [1.807, 2.05) is 19.4 Å². The minimum atomic E-state index is -3.34. The molecule has 2 rings (SSSR count). The first kappa shape index (κ1) is 13.5. The molecule has 1 aromatic heterocycles. The molecule has 0 amide bonds. The lowest BCUT2D eigenvalue weighted by molar-refractivity contribution is 0.258. The third-order valence-electron chi connectivity index (χ3n) is 3.35. The highest BCUT2D eigenvalue weighted by atomic mass is 32.2. The molecule has 6 nitrogen and oxygen atoms in total. The van der Waals surface area contributed by atoms with Gasteiger partial charge in [0.05, 0.1) is 11.9 Å². The van der Waals surface area contributed by atoms with Crippen LogP contribution >= 0.6 is 0 Å². The summed E-state index contributed by atoms with van der Waals surface area (Å²) in [5, 5.41) is 9.20. The van der Waals surface area contributed by atoms with Crippen LogP contribution in [0.15, 0.2) is 12.4 Å². The Morgan fingerprint density at radius 2 is 2.33 bits per heavy atom. The van der Waals surface area contributed by atoms with Gasteiger partial charge in [-0.1, -0.05) is 0 Å². The van der Waals surface area contributed by atoms with Crippen molar-refractivity contribution < 1.29 is 8.42 Å². The SMILES string of the molecule is Cn1cc(C2CCCN2CCCS(N)(=O)=O)cn1. The molecular weight excluding hydrogens is 252 g/mol. The van der Waals surface area contributed by atoms with Crippen molar-refractivity contribution in [3.63, 3.8) is 0 Å². The number of aromatic nitrogens is 2. The summed E-state index contributed by atoms with van der Waals surface area (Å²) < 4.78 is 23.6. The van der Waals surface area contributed by atoms with Crippen LogP contribution in [0.25, 0.3) is 0 Å². The quantitative estimate of drug-likeness (QED) is 0.832. The molecule has 2 heterocycles. The molecule has 1 unspecified atom stereocenters. The summed E-state index contributed by atoms with van der Waals surface area (Å²) in [7, 11) is -1.43. The lowest BCUT2D eigenvalue weighted by Gasteiger charge is -2.23. The van der Waals surface area contributed by atoms with Gasteiger partial charge in [-0.25, -0.2) is 13.6 Å². The molecule has 0 bridgehead atoms. The van der Waals surface area contributed by atoms with E-state index in [2.05, 4.69) is 10.00 Å². The van der Waals surface area contributed by atoms with Crippen LogP contribution in [0.3, 0.4) is 0 Å². The lowest BCUT2D eigenvalue weighted by atomic mass is 10.1. The average molecular weight is 272 g/mol. The fourth-order valence-electron chi connectivity index (χ4n) is 2.55. The zero-order valence-electron chi connectivity index (χ0n) is 10.6. The van der Waals surface area contributed by atoms with Crippen molar-refractivity contribution in [2.75, 3.05) is 18.8 Å². The Morgan fingerprint density at radius 1 is 1.56 bits per heavy atom. The Balaban J connectivity index is 1.92. The predicted molar refractivity (Wildman–Crippen MR) is 69.3 cm³/mol. The maximum atomic E-state index is 10.9. The number of hydrogen-bond acceptors (Lipinski definition) is 4. The molecular formula is C11H20N4O2S. The highest BCUT2D eigenvalue weighted by molar-refractivity contribution is 7.89. The summed E-state index contributed by atoms with van der Waals surface area (Å²) in [6.45, 7) is 1.79. The lowest BCUT2D eigenvalue weighted by Crippen LogP contribution is -2.27. The van der Waals surface area contributed by atoms with Crippen molar-refractivity contribution in [1.82, 2.24) is 14.7 Å². The van der Waals surface area contributed by atoms with E-state index in [1.165, 1.54) is 5.56 Å². The van der Waals surface area contributed by atoms with Gasteiger partial charge < -0.3 is 0 Å². The van der Waals surface area contributed by atoms with Crippen molar-refractivity contribution in [1.29, 1.82) is 0 Å². The summed E-state index contributed by atoms with van der Waals surface area (Å²) in [4.78, 5) is 2.32. The zero-order chi connectivity index (χ0) is 13.2. The third-order valence-corrected chi connectivity index (χ3v) is 4.21. The van der Waals surface area contributed by atoms with Crippen molar-refractivity contribution in [3.05, 3.63) is 18.0 Å². The molecule has 1 aliphatic heterocycles. The molecule has 0 aromatic carbocycles. The Kier molecular flexibility index (Phi) is 4.04. The molecule has 1 atom stereocenters. The van der Waals surface area contributed by atoms with E-state index in [0.717, 1.165) is 25.9 Å². The molecule has 102 valence electrons. The topological polar surface area (TPSA) is 81.2 Å². The van der Waals surface area contributed by atoms with Gasteiger partial charge in [0.1, 0.15) is 0 Å². The van der Waals surface area contributed by atoms with Crippen LogP contribution in [0.2, 0.25) is 0 Å². The van der Waals surface area contributed by atoms with Crippen LogP contribution in [0.4, 0.5) is 0 Å². The van der Waals surface area contributed by atoms with Crippen LogP contribution in [0.5, 0.6) is 0 Å². The van der Waals surface area contributed by atoms with Crippen LogP contribution in [-0.4, -0.2) is 41.9 Å². The maximum Gasteiger partial charge on any atom is 0.209 e. The minimum Gasteiger partial charge on any atom is -0.296 e. The summed E-state index contributed by atoms with van der Waals surface area (Å²) in [6, 6.07) is 0.374. The van der Waals surface area contributed by atoms with Gasteiger partial charge >= 0.3 is 0 Å². The van der Waals surface area contributed by atoms with Crippen molar-refractivity contribution in [3.8, 4) is 0 Å². The number of aryl methyl sites for hydroxylation is 1. The summed E-state index contributed by atoms with van der Waals surface area (Å²) >= 11 is 0. The van der Waals surface area contributed by atoms with Gasteiger partial charge in [-0.15, -0.1) is 0 Å². The first-order valence-electron chi connectivity index (χ1n) is 6.19. The Bertz CT molecular complexity index is 497. The number of nitrogens with zero attached hydrogens (tertiary/aromatic N) is 3. The molecule has 0 radical (unpaired) electrons. The summed E-state index contributed by atoms with van der Waals surface area (Å²) in [6.07, 6.45) is 6.77. The molecule has 1 aromatic rings. The van der Waals surface area contributed by atoms with Gasteiger partial charge in [0.15, 0.2) is 0 Å². The van der Waals surface area contributed by atoms with Gasteiger partial charge in [0, 0.05) is 24.8 Å². The number of rotatable bonds is 5. The van der Waals surface area contributed by atoms with Gasteiger partial charge in [-0.05, 0) is 32.4 Å². The van der Waals surface area contributed by atoms with Gasteiger partial charge in [0.2, 0.25) is 10.0 Å². The first-order chi connectivity index (χ1) is 8.46. The number of nitrogens with two attached hydrogens (primary N) is 1. The fourth-order valence-corrected chi connectivity index (χ4v) is 3.08. The molecule has 0 spiro atoms. The van der Waals surface area contributed by atoms with Crippen LogP contribution in [-0.2, 0) is 17.1 Å². The number of hydrogen-bond donors (Lipinski definition) is 1. The van der Waals surface area contributed by atoms with Gasteiger partial charge in [0.25, 0.3) is 0 Å². The van der Waals surface area contributed by atoms with E-state index < -0.39 is 10.0 Å². The smallest absolute Gasteiger partial charge is 0.209 e. The summed E-state index contributed by atoms with van der Waals surface area (Å²) in [5.41, 5.74) is 1.21. The highest BCUT2D eigenvalue weighted by Crippen LogP contribution is 2.31. The van der Waals surface area contributed by atoms with Crippen molar-refractivity contribution in [2.45, 2.75) is 25.3 Å². The van der Waals surface area contributed by atoms with Crippen molar-refractivity contribution in [2.24, 2.45) is 12.2 Å². The molecule has 0 saturated carbocycles. The normalized spacial score (nSPS) is 21.6. The molecule has 1 saturated heterocycles. The Morgan fingerprint density at radius 3 is 2.94 bits per heavy atom. The Hall–Kier alpha value is -0.920. The largest absolute Gasteiger partial charge is 0.296 e. The molecule has 1 aliphatic rings. The number of primary sulfonamides is 1. The fraction of sp³-hybridized carbons (Fsp3) is 0.727. The maximum absolute atomic E-state index is 10.9. The monoisotopic (exact) mass is 272 g/mol. The van der Waals surface area contributed by atoms with E-state index >= 15 is 0 Å². The second-order valence-electron chi connectivity index (χ2n) is 4.86. The van der Waals surface area contributed by atoms with Crippen LogP contribution < -0.4 is 5.14 Å². The summed E-state index contributed by atoms with van der Waals surface area (Å²) in [5.74, 6) is 0.0588. The molecule has 7 heteroatoms. The highest BCUT2D eigenvalue weighted by Gasteiger charge is 2.26. The second-order valence-corrected chi connectivity index (χ2v) is 6.60. The molecule has 1 fully saturated rings. The predicted octanol–water partition coefficient (Wildman–Crippen LogP) is 0.236. The minimum absolute atomic E-state index is 0.0588. The number of sulfonamides is 1. The van der Waals surface area contributed by atoms with E-state index in [0.29, 0.717) is 12.5 Å². The van der Waals surface area contributed by atoms with E-state index in [1.54, 1.807) is 4.68 Å². The standard InChI is InChI=1S/C11H20N4O2S/c1-14-9-10(8-13-14)11-4-2-5-15(11)6-3-7-18(12,16)17/h8-9,11H,2-7H2,1H3,(H2,12,16,17). The average Bonchev–Trinajstić information content (AvgIpc) is 2.84. The van der Waals surface area contributed by atoms with Gasteiger partial charge in [-0.2, -0.15) is 5.10 Å². The van der Waals surface area contributed by atoms with E-state index in [-0.39, 0.29) is 5.75 Å². The molecule has 0 aliphatic carbocycles. The first-order valence-corrected chi connectivity index (χ1v) is 7.90. The molecule has 2 N–H and O–H groups in total. The van der Waals surface area contributed by atoms with Gasteiger partial charge in [-0.3, -0.25) is 9.58 Å². The van der Waals surface area contributed by atoms with Crippen LogP contribution in [0, 0.1) is 0 Å². The van der Waals surface area contributed by atoms with E-state index in [4.69, 9.17) is 5.14 Å². The molecule has 18 heavy (non-hydrogen) atoms. The number of likely N-dealkylation sites (tertiary alicyclic amines) is 1. The van der Waals surface area contributed by atoms with E-state index in [9.17, 15) is 8.42 Å². The van der Waals surface area contributed by atoms with Crippen LogP contribution in [0.1, 0.15) is 30.9 Å².